The summed E-state index contributed by atoms with van der Waals surface area (Å²) in [5.74, 6) is 0.485. The number of nitrogens with zero attached hydrogens (tertiary/aromatic N) is 3. The highest BCUT2D eigenvalue weighted by Crippen LogP contribution is 2.26. The van der Waals surface area contributed by atoms with Crippen LogP contribution < -0.4 is 16.0 Å². The van der Waals surface area contributed by atoms with Crippen molar-refractivity contribution in [1.82, 2.24) is 14.7 Å². The van der Waals surface area contributed by atoms with E-state index in [9.17, 15) is 4.79 Å². The molecule has 18 heavy (non-hydrogen) atoms. The number of rotatable bonds is 2. The molecule has 2 rings (SSSR count). The number of nitrogens with two attached hydrogens (primary N) is 1. The maximum absolute atomic E-state index is 11.4. The lowest BCUT2D eigenvalue weighted by Gasteiger charge is -2.33. The van der Waals surface area contributed by atoms with E-state index >= 15 is 0 Å². The molecule has 1 fully saturated rings. The molecule has 0 bridgehead atoms. The summed E-state index contributed by atoms with van der Waals surface area (Å²) in [6, 6.07) is -0.334. The topological polar surface area (TPSA) is 84.1 Å². The van der Waals surface area contributed by atoms with Crippen LogP contribution in [0.1, 0.15) is 26.6 Å². The Bertz CT molecular complexity index is 439. The van der Waals surface area contributed by atoms with E-state index in [0.29, 0.717) is 6.54 Å². The molecule has 3 N–H and O–H groups in total. The first-order valence-electron chi connectivity index (χ1n) is 6.00. The van der Waals surface area contributed by atoms with Crippen molar-refractivity contribution in [3.8, 4) is 0 Å². The van der Waals surface area contributed by atoms with Gasteiger partial charge in [0.1, 0.15) is 11.9 Å². The van der Waals surface area contributed by atoms with Crippen LogP contribution in [0, 0.1) is 0 Å². The minimum absolute atomic E-state index is 0.0784. The van der Waals surface area contributed by atoms with Crippen LogP contribution in [0.5, 0.6) is 0 Å². The van der Waals surface area contributed by atoms with Gasteiger partial charge in [-0.25, -0.2) is 4.98 Å². The van der Waals surface area contributed by atoms with Gasteiger partial charge < -0.3 is 16.0 Å². The SMILES string of the molecule is CC(C)(C)c1nsc(N2CCNCC2C(N)=O)n1. The molecule has 100 valence electrons. The molecule has 1 atom stereocenters. The summed E-state index contributed by atoms with van der Waals surface area (Å²) in [5, 5.41) is 3.95. The van der Waals surface area contributed by atoms with Crippen LogP contribution in [-0.4, -0.2) is 40.9 Å². The van der Waals surface area contributed by atoms with Crippen molar-refractivity contribution in [2.45, 2.75) is 32.2 Å². The Hall–Kier alpha value is -1.21. The van der Waals surface area contributed by atoms with Gasteiger partial charge >= 0.3 is 0 Å². The molecule has 7 heteroatoms. The zero-order valence-electron chi connectivity index (χ0n) is 10.9. The van der Waals surface area contributed by atoms with Gasteiger partial charge in [0.2, 0.25) is 11.0 Å². The largest absolute Gasteiger partial charge is 0.368 e. The lowest BCUT2D eigenvalue weighted by molar-refractivity contribution is -0.119. The lowest BCUT2D eigenvalue weighted by atomic mass is 9.96. The van der Waals surface area contributed by atoms with E-state index in [1.165, 1.54) is 11.5 Å². The standard InChI is InChI=1S/C11H19N5OS/c1-11(2,3)9-14-10(18-15-9)16-5-4-13-6-7(16)8(12)17/h7,13H,4-6H2,1-3H3,(H2,12,17). The van der Waals surface area contributed by atoms with E-state index in [4.69, 9.17) is 5.73 Å². The molecule has 1 aromatic heterocycles. The molecule has 2 heterocycles. The van der Waals surface area contributed by atoms with Gasteiger partial charge in [-0.3, -0.25) is 4.79 Å². The Morgan fingerprint density at radius 3 is 2.83 bits per heavy atom. The molecular formula is C11H19N5OS. The number of hydrogen-bond donors (Lipinski definition) is 2. The second-order valence-corrected chi connectivity index (χ2v) is 6.20. The second kappa shape index (κ2) is 4.81. The van der Waals surface area contributed by atoms with Crippen LogP contribution in [0.15, 0.2) is 0 Å². The quantitative estimate of drug-likeness (QED) is 0.795. The van der Waals surface area contributed by atoms with Crippen LogP contribution in [0.3, 0.4) is 0 Å². The van der Waals surface area contributed by atoms with Crippen molar-refractivity contribution in [2.75, 3.05) is 24.5 Å². The summed E-state index contributed by atoms with van der Waals surface area (Å²) in [4.78, 5) is 17.9. The van der Waals surface area contributed by atoms with Crippen molar-refractivity contribution in [3.05, 3.63) is 5.82 Å². The van der Waals surface area contributed by atoms with Gasteiger partial charge in [-0.1, -0.05) is 20.8 Å². The summed E-state index contributed by atoms with van der Waals surface area (Å²) >= 11 is 1.33. The van der Waals surface area contributed by atoms with Gasteiger partial charge in [0.15, 0.2) is 0 Å². The molecule has 0 radical (unpaired) electrons. The first-order valence-corrected chi connectivity index (χ1v) is 6.78. The Kier molecular flexibility index (Phi) is 3.54. The highest BCUT2D eigenvalue weighted by atomic mass is 32.1. The first kappa shape index (κ1) is 13.2. The predicted molar refractivity (Wildman–Crippen MR) is 71.8 cm³/mol. The molecule has 6 nitrogen and oxygen atoms in total. The van der Waals surface area contributed by atoms with Crippen LogP contribution >= 0.6 is 11.5 Å². The molecule has 0 aromatic carbocycles. The number of hydrogen-bond acceptors (Lipinski definition) is 6. The van der Waals surface area contributed by atoms with E-state index in [2.05, 4.69) is 35.4 Å². The number of carbonyl (C=O) groups is 1. The number of anilines is 1. The number of nitrogens with one attached hydrogen (secondary N) is 1. The average Bonchev–Trinajstić information content (AvgIpc) is 2.77. The molecule has 0 spiro atoms. The van der Waals surface area contributed by atoms with Gasteiger partial charge in [0, 0.05) is 36.6 Å². The number of primary amides is 1. The predicted octanol–water partition coefficient (Wildman–Crippen LogP) is 0.0991. The third-order valence-corrected chi connectivity index (χ3v) is 3.66. The van der Waals surface area contributed by atoms with Gasteiger partial charge in [-0.2, -0.15) is 4.37 Å². The minimum atomic E-state index is -0.334. The zero-order valence-corrected chi connectivity index (χ0v) is 11.8. The zero-order chi connectivity index (χ0) is 13.3. The summed E-state index contributed by atoms with van der Waals surface area (Å²) in [7, 11) is 0. The third-order valence-electron chi connectivity index (χ3n) is 2.90. The summed E-state index contributed by atoms with van der Waals surface area (Å²) < 4.78 is 4.37. The third kappa shape index (κ3) is 2.62. The maximum Gasteiger partial charge on any atom is 0.241 e. The van der Waals surface area contributed by atoms with Crippen LogP contribution in [0.2, 0.25) is 0 Å². The summed E-state index contributed by atoms with van der Waals surface area (Å²) in [5.41, 5.74) is 5.34. The van der Waals surface area contributed by atoms with Crippen molar-refractivity contribution >= 4 is 22.6 Å². The van der Waals surface area contributed by atoms with Crippen molar-refractivity contribution < 1.29 is 4.79 Å². The summed E-state index contributed by atoms with van der Waals surface area (Å²) in [6.07, 6.45) is 0. The average molecular weight is 269 g/mol. The van der Waals surface area contributed by atoms with E-state index in [1.807, 2.05) is 4.90 Å². The van der Waals surface area contributed by atoms with Gasteiger partial charge in [0.05, 0.1) is 0 Å². The normalized spacial score (nSPS) is 21.1. The molecular weight excluding hydrogens is 250 g/mol. The summed E-state index contributed by atoms with van der Waals surface area (Å²) in [6.45, 7) is 8.34. The maximum atomic E-state index is 11.4. The van der Waals surface area contributed by atoms with Crippen LogP contribution in [0.4, 0.5) is 5.13 Å². The van der Waals surface area contributed by atoms with Crippen LogP contribution in [-0.2, 0) is 10.2 Å². The molecule has 0 aliphatic carbocycles. The van der Waals surface area contributed by atoms with E-state index in [0.717, 1.165) is 24.0 Å². The smallest absolute Gasteiger partial charge is 0.241 e. The number of amides is 1. The minimum Gasteiger partial charge on any atom is -0.368 e. The van der Waals surface area contributed by atoms with E-state index in [-0.39, 0.29) is 17.4 Å². The molecule has 1 aromatic rings. The Balaban J connectivity index is 2.24. The fourth-order valence-corrected chi connectivity index (χ4v) is 2.76. The fraction of sp³-hybridized carbons (Fsp3) is 0.727. The second-order valence-electron chi connectivity index (χ2n) is 5.47. The van der Waals surface area contributed by atoms with Gasteiger partial charge in [-0.15, -0.1) is 0 Å². The Morgan fingerprint density at radius 2 is 2.28 bits per heavy atom. The highest BCUT2D eigenvalue weighted by Gasteiger charge is 2.30. The Labute approximate surface area is 111 Å². The molecule has 1 amide bonds. The number of carbonyl (C=O) groups excluding carboxylic acids is 1. The van der Waals surface area contributed by atoms with Crippen molar-refractivity contribution in [2.24, 2.45) is 5.73 Å². The van der Waals surface area contributed by atoms with Gasteiger partial charge in [-0.05, 0) is 0 Å². The van der Waals surface area contributed by atoms with Crippen molar-refractivity contribution in [3.63, 3.8) is 0 Å². The molecule has 1 unspecified atom stereocenters. The molecule has 1 aliphatic heterocycles. The van der Waals surface area contributed by atoms with Crippen molar-refractivity contribution in [1.29, 1.82) is 0 Å². The number of piperazine rings is 1. The molecule has 0 saturated carbocycles. The monoisotopic (exact) mass is 269 g/mol. The van der Waals surface area contributed by atoms with E-state index < -0.39 is 0 Å². The lowest BCUT2D eigenvalue weighted by Crippen LogP contribution is -2.57. The fourth-order valence-electron chi connectivity index (χ4n) is 1.82. The number of aromatic nitrogens is 2. The molecule has 1 aliphatic rings. The van der Waals surface area contributed by atoms with Crippen LogP contribution in [0.25, 0.3) is 0 Å². The first-order chi connectivity index (χ1) is 8.39. The molecule has 1 saturated heterocycles. The van der Waals surface area contributed by atoms with Gasteiger partial charge in [0.25, 0.3) is 0 Å². The highest BCUT2D eigenvalue weighted by molar-refractivity contribution is 7.09. The van der Waals surface area contributed by atoms with E-state index in [1.54, 1.807) is 0 Å². The Morgan fingerprint density at radius 1 is 1.56 bits per heavy atom.